The average Bonchev–Trinajstić information content (AvgIpc) is 2.84. The fraction of sp³-hybridized carbons (Fsp3) is 0.375. The van der Waals surface area contributed by atoms with Crippen molar-refractivity contribution in [2.45, 2.75) is 32.4 Å². The van der Waals surface area contributed by atoms with Crippen LogP contribution in [0.1, 0.15) is 25.8 Å². The molecule has 11 heteroatoms. The molecule has 8 nitrogen and oxygen atoms in total. The summed E-state index contributed by atoms with van der Waals surface area (Å²) < 4.78 is 30.4. The van der Waals surface area contributed by atoms with Gasteiger partial charge in [-0.05, 0) is 32.0 Å². The molecule has 1 aromatic heterocycles. The normalized spacial score (nSPS) is 13.8. The minimum atomic E-state index is -0.624. The van der Waals surface area contributed by atoms with Crippen molar-refractivity contribution in [3.63, 3.8) is 0 Å². The molecule has 2 heterocycles. The number of carbonyl (C=O) groups is 1. The molecule has 1 aliphatic rings. The molecule has 3 N–H and O–H groups in total. The number of aromatic nitrogens is 1. The summed E-state index contributed by atoms with van der Waals surface area (Å²) in [7, 11) is 3.00. The number of hydrogen-bond acceptors (Lipinski definition) is 7. The third kappa shape index (κ3) is 6.59. The van der Waals surface area contributed by atoms with E-state index in [9.17, 15) is 9.18 Å². The molecule has 3 rings (SSSR count). The maximum atomic E-state index is 13.8. The van der Waals surface area contributed by atoms with Crippen LogP contribution in [0.5, 0.6) is 11.5 Å². The van der Waals surface area contributed by atoms with E-state index >= 15 is 0 Å². The zero-order valence-electron chi connectivity index (χ0n) is 20.0. The van der Waals surface area contributed by atoms with Crippen molar-refractivity contribution in [2.75, 3.05) is 32.7 Å². The van der Waals surface area contributed by atoms with Crippen molar-refractivity contribution >= 4 is 40.4 Å². The Kier molecular flexibility index (Phi) is 8.87. The summed E-state index contributed by atoms with van der Waals surface area (Å²) in [6, 6.07) is 4.48. The van der Waals surface area contributed by atoms with E-state index in [1.807, 2.05) is 19.9 Å². The highest BCUT2D eigenvalue weighted by atomic mass is 35.5. The Bertz CT molecular complexity index is 1140. The number of nitrogens with zero attached hydrogens (tertiary/aromatic N) is 1. The van der Waals surface area contributed by atoms with Crippen LogP contribution in [-0.4, -0.2) is 48.9 Å². The number of ether oxygens (including phenoxy) is 3. The van der Waals surface area contributed by atoms with E-state index in [0.717, 1.165) is 5.56 Å². The Morgan fingerprint density at radius 1 is 1.31 bits per heavy atom. The van der Waals surface area contributed by atoms with Crippen LogP contribution in [-0.2, 0) is 16.1 Å². The number of amides is 1. The fourth-order valence-corrected chi connectivity index (χ4v) is 3.85. The Hall–Kier alpha value is -2.95. The van der Waals surface area contributed by atoms with Gasteiger partial charge in [0.25, 0.3) is 5.91 Å². The van der Waals surface area contributed by atoms with E-state index < -0.39 is 11.4 Å². The quantitative estimate of drug-likeness (QED) is 0.403. The third-order valence-corrected chi connectivity index (χ3v) is 6.07. The zero-order valence-corrected chi connectivity index (χ0v) is 21.5. The average molecular weight is 523 g/mol. The Morgan fingerprint density at radius 2 is 2.09 bits per heavy atom. The number of rotatable bonds is 10. The van der Waals surface area contributed by atoms with Crippen LogP contribution in [0.4, 0.5) is 10.1 Å². The van der Waals surface area contributed by atoms with Gasteiger partial charge in [0.2, 0.25) is 0 Å². The van der Waals surface area contributed by atoms with Gasteiger partial charge in [0, 0.05) is 44.1 Å². The molecule has 0 radical (unpaired) electrons. The molecule has 0 saturated carbocycles. The number of anilines is 1. The second-order valence-corrected chi connectivity index (χ2v) is 9.13. The van der Waals surface area contributed by atoms with Gasteiger partial charge in [-0.25, -0.2) is 4.39 Å². The van der Waals surface area contributed by atoms with Crippen LogP contribution >= 0.6 is 23.8 Å². The molecule has 2 aromatic rings. The molecule has 0 unspecified atom stereocenters. The Balaban J connectivity index is 1.81. The molecule has 0 aliphatic carbocycles. The van der Waals surface area contributed by atoms with Gasteiger partial charge in [-0.2, -0.15) is 0 Å². The molecule has 1 aromatic carbocycles. The summed E-state index contributed by atoms with van der Waals surface area (Å²) in [6.45, 7) is 5.04. The summed E-state index contributed by atoms with van der Waals surface area (Å²) in [5, 5.41) is 8.90. The van der Waals surface area contributed by atoms with Crippen molar-refractivity contribution in [1.82, 2.24) is 15.6 Å². The van der Waals surface area contributed by atoms with Gasteiger partial charge in [-0.1, -0.05) is 23.8 Å². The van der Waals surface area contributed by atoms with Gasteiger partial charge in [0.15, 0.2) is 5.75 Å². The molecule has 1 amide bonds. The summed E-state index contributed by atoms with van der Waals surface area (Å²) >= 11 is 11.5. The SMILES string of the molecule is COc1c(NC(=S)C2=C(NCc3ccncc3OCC(C)(C)OC)CCNC2=O)ccc(F)c1Cl. The van der Waals surface area contributed by atoms with Crippen LogP contribution in [0, 0.1) is 5.82 Å². The van der Waals surface area contributed by atoms with Crippen LogP contribution in [0.15, 0.2) is 41.9 Å². The summed E-state index contributed by atoms with van der Waals surface area (Å²) in [4.78, 5) is 17.0. The first kappa shape index (κ1) is 26.7. The lowest BCUT2D eigenvalue weighted by Crippen LogP contribution is -2.39. The maximum Gasteiger partial charge on any atom is 0.256 e. The topological polar surface area (TPSA) is 93.7 Å². The van der Waals surface area contributed by atoms with Crippen molar-refractivity contribution in [2.24, 2.45) is 0 Å². The Morgan fingerprint density at radius 3 is 2.80 bits per heavy atom. The summed E-state index contributed by atoms with van der Waals surface area (Å²) in [5.41, 5.74) is 1.69. The van der Waals surface area contributed by atoms with E-state index in [1.54, 1.807) is 19.5 Å². The van der Waals surface area contributed by atoms with Gasteiger partial charge in [0.05, 0.1) is 30.2 Å². The second kappa shape index (κ2) is 11.7. The third-order valence-electron chi connectivity index (χ3n) is 5.41. The molecule has 0 atom stereocenters. The predicted molar refractivity (Wildman–Crippen MR) is 136 cm³/mol. The van der Waals surface area contributed by atoms with Crippen LogP contribution < -0.4 is 25.4 Å². The van der Waals surface area contributed by atoms with Crippen LogP contribution in [0.2, 0.25) is 5.02 Å². The van der Waals surface area contributed by atoms with E-state index in [1.165, 1.54) is 19.2 Å². The largest absolute Gasteiger partial charge is 0.493 e. The Labute approximate surface area is 214 Å². The highest BCUT2D eigenvalue weighted by Crippen LogP contribution is 2.35. The number of benzene rings is 1. The van der Waals surface area contributed by atoms with Gasteiger partial charge >= 0.3 is 0 Å². The van der Waals surface area contributed by atoms with Gasteiger partial charge < -0.3 is 30.2 Å². The number of halogens is 2. The highest BCUT2D eigenvalue weighted by molar-refractivity contribution is 7.81. The minimum Gasteiger partial charge on any atom is -0.493 e. The molecule has 0 bridgehead atoms. The lowest BCUT2D eigenvalue weighted by atomic mass is 10.1. The van der Waals surface area contributed by atoms with Crippen molar-refractivity contribution in [1.29, 1.82) is 0 Å². The first-order valence-corrected chi connectivity index (χ1v) is 11.6. The first-order valence-electron chi connectivity index (χ1n) is 10.9. The van der Waals surface area contributed by atoms with Crippen LogP contribution in [0.3, 0.4) is 0 Å². The first-order chi connectivity index (χ1) is 16.7. The second-order valence-electron chi connectivity index (χ2n) is 8.35. The molecule has 188 valence electrons. The number of pyridine rings is 1. The standard InChI is InChI=1S/C24H28ClFN4O4S/c1-24(2,33-4)13-34-18-12-27-9-7-14(18)11-29-16-8-10-28-22(31)19(16)23(35)30-17-6-5-15(26)20(25)21(17)32-3/h5-7,9,12,29H,8,10-11,13H2,1-4H3,(H,28,31)(H,30,35). The smallest absolute Gasteiger partial charge is 0.256 e. The van der Waals surface area contributed by atoms with E-state index in [4.69, 9.17) is 38.0 Å². The summed E-state index contributed by atoms with van der Waals surface area (Å²) in [5.74, 6) is -0.241. The maximum absolute atomic E-state index is 13.8. The van der Waals surface area contributed by atoms with Crippen molar-refractivity contribution in [3.05, 3.63) is 58.3 Å². The predicted octanol–water partition coefficient (Wildman–Crippen LogP) is 3.99. The number of hydrogen-bond donors (Lipinski definition) is 3. The number of thiocarbonyl (C=S) groups is 1. The lowest BCUT2D eigenvalue weighted by molar-refractivity contribution is -0.117. The highest BCUT2D eigenvalue weighted by Gasteiger charge is 2.26. The molecule has 1 aliphatic heterocycles. The van der Waals surface area contributed by atoms with Gasteiger partial charge in [-0.15, -0.1) is 0 Å². The van der Waals surface area contributed by atoms with Crippen LogP contribution in [0.25, 0.3) is 0 Å². The number of carbonyl (C=O) groups excluding carboxylic acids is 1. The van der Waals surface area contributed by atoms with Gasteiger partial charge in [0.1, 0.15) is 28.2 Å². The minimum absolute atomic E-state index is 0.0953. The lowest BCUT2D eigenvalue weighted by Gasteiger charge is -2.25. The number of methoxy groups -OCH3 is 2. The van der Waals surface area contributed by atoms with Crippen molar-refractivity contribution < 1.29 is 23.4 Å². The fourth-order valence-electron chi connectivity index (χ4n) is 3.28. The molecule has 0 spiro atoms. The van der Waals surface area contributed by atoms with E-state index in [-0.39, 0.29) is 27.2 Å². The van der Waals surface area contributed by atoms with Gasteiger partial charge in [-0.3, -0.25) is 9.78 Å². The molecular formula is C24H28ClFN4O4S. The van der Waals surface area contributed by atoms with E-state index in [0.29, 0.717) is 43.3 Å². The monoisotopic (exact) mass is 522 g/mol. The number of nitrogens with one attached hydrogen (secondary N) is 3. The zero-order chi connectivity index (χ0) is 25.6. The molecule has 0 fully saturated rings. The van der Waals surface area contributed by atoms with E-state index in [2.05, 4.69) is 20.9 Å². The molecule has 35 heavy (non-hydrogen) atoms. The molecular weight excluding hydrogens is 495 g/mol. The summed E-state index contributed by atoms with van der Waals surface area (Å²) in [6.07, 6.45) is 3.86. The van der Waals surface area contributed by atoms with Crippen molar-refractivity contribution in [3.8, 4) is 11.5 Å². The molecule has 0 saturated heterocycles.